The van der Waals surface area contributed by atoms with Crippen LogP contribution in [0.1, 0.15) is 34.5 Å². The molecular weight excluding hydrogens is 533 g/mol. The number of benzene rings is 2. The number of nitrogens with zero attached hydrogens (tertiary/aromatic N) is 4. The minimum absolute atomic E-state index is 0.0236. The minimum Gasteiger partial charge on any atom is -0.507 e. The zero-order chi connectivity index (χ0) is 27.8. The van der Waals surface area contributed by atoms with Crippen molar-refractivity contribution in [3.05, 3.63) is 88.5 Å². The molecule has 204 valence electrons. The number of pyridine rings is 2. The maximum atomic E-state index is 14.9. The number of halogens is 2. The van der Waals surface area contributed by atoms with Crippen LogP contribution in [0, 0.1) is 5.82 Å². The van der Waals surface area contributed by atoms with Crippen LogP contribution in [0.4, 0.5) is 21.6 Å². The molecule has 1 amide bonds. The molecular formula is C30H27ClFN5O3. The number of ether oxygens (including phenoxy) is 1. The summed E-state index contributed by atoms with van der Waals surface area (Å²) in [5.74, 6) is 0.306. The van der Waals surface area contributed by atoms with Crippen LogP contribution in [0.15, 0.2) is 60.8 Å². The molecule has 0 atom stereocenters. The number of carbonyl (C=O) groups is 1. The maximum absolute atomic E-state index is 14.9. The van der Waals surface area contributed by atoms with Crippen LogP contribution in [0.5, 0.6) is 11.5 Å². The summed E-state index contributed by atoms with van der Waals surface area (Å²) in [4.78, 5) is 26.8. The molecule has 8 nitrogen and oxygen atoms in total. The Morgan fingerprint density at radius 3 is 2.62 bits per heavy atom. The van der Waals surface area contributed by atoms with Gasteiger partial charge in [-0.25, -0.2) is 14.4 Å². The molecule has 2 N–H and O–H groups in total. The van der Waals surface area contributed by atoms with Gasteiger partial charge in [0.1, 0.15) is 23.1 Å². The number of aromatic nitrogens is 2. The van der Waals surface area contributed by atoms with E-state index in [4.69, 9.17) is 16.3 Å². The number of carbonyl (C=O) groups excluding carboxylic acids is 1. The van der Waals surface area contributed by atoms with Crippen molar-refractivity contribution < 1.29 is 19.0 Å². The van der Waals surface area contributed by atoms with E-state index >= 15 is 0 Å². The summed E-state index contributed by atoms with van der Waals surface area (Å²) in [5.41, 5.74) is 3.37. The van der Waals surface area contributed by atoms with E-state index in [9.17, 15) is 14.3 Å². The molecule has 10 heteroatoms. The number of methoxy groups -OCH3 is 1. The van der Waals surface area contributed by atoms with Crippen LogP contribution >= 0.6 is 11.6 Å². The molecule has 4 heterocycles. The summed E-state index contributed by atoms with van der Waals surface area (Å²) in [6, 6.07) is 14.9. The number of rotatable bonds is 7. The highest BCUT2D eigenvalue weighted by molar-refractivity contribution is 6.33. The molecule has 0 bridgehead atoms. The van der Waals surface area contributed by atoms with Gasteiger partial charge in [-0.15, -0.1) is 0 Å². The van der Waals surface area contributed by atoms with Crippen LogP contribution in [0.25, 0.3) is 11.3 Å². The second kappa shape index (κ2) is 10.7. The van der Waals surface area contributed by atoms with Crippen molar-refractivity contribution >= 4 is 34.7 Å². The fourth-order valence-corrected chi connectivity index (χ4v) is 5.49. The Morgan fingerprint density at radius 1 is 1.10 bits per heavy atom. The maximum Gasteiger partial charge on any atom is 0.258 e. The third-order valence-electron chi connectivity index (χ3n) is 7.29. The van der Waals surface area contributed by atoms with Gasteiger partial charge in [-0.3, -0.25) is 4.79 Å². The molecule has 0 unspecified atom stereocenters. The first kappa shape index (κ1) is 25.9. The van der Waals surface area contributed by atoms with Crippen molar-refractivity contribution in [1.29, 1.82) is 0 Å². The normalized spacial score (nSPS) is 14.5. The van der Waals surface area contributed by atoms with Gasteiger partial charge in [0.15, 0.2) is 0 Å². The van der Waals surface area contributed by atoms with Gasteiger partial charge in [0.25, 0.3) is 5.91 Å². The average molecular weight is 560 g/mol. The topological polar surface area (TPSA) is 90.8 Å². The van der Waals surface area contributed by atoms with Crippen molar-refractivity contribution in [3.63, 3.8) is 0 Å². The van der Waals surface area contributed by atoms with Crippen LogP contribution in [-0.2, 0) is 13.1 Å². The lowest BCUT2D eigenvalue weighted by molar-refractivity contribution is 0.0766. The summed E-state index contributed by atoms with van der Waals surface area (Å²) in [7, 11) is 1.52. The number of phenolic OH excluding ortho intramolecular Hbond substituents is 1. The van der Waals surface area contributed by atoms with Crippen molar-refractivity contribution in [2.24, 2.45) is 0 Å². The SMILES string of the molecule is COc1ccc(CN2Cc3nc(-c4c(F)cccc4Cl)cc(Nc4ccc(N5CCCC5)cn4)c3C2=O)c(O)c1. The number of nitrogens with one attached hydrogen (secondary N) is 1. The highest BCUT2D eigenvalue weighted by Crippen LogP contribution is 2.38. The zero-order valence-corrected chi connectivity index (χ0v) is 22.6. The van der Waals surface area contributed by atoms with Gasteiger partial charge in [0.2, 0.25) is 0 Å². The molecule has 0 saturated carbocycles. The molecule has 0 spiro atoms. The monoisotopic (exact) mass is 559 g/mol. The Labute approximate surface area is 236 Å². The molecule has 2 aliphatic heterocycles. The van der Waals surface area contributed by atoms with Gasteiger partial charge in [-0.05, 0) is 55.3 Å². The molecule has 2 aromatic carbocycles. The summed E-state index contributed by atoms with van der Waals surface area (Å²) in [6.07, 6.45) is 4.14. The van der Waals surface area contributed by atoms with Crippen LogP contribution < -0.4 is 15.0 Å². The lowest BCUT2D eigenvalue weighted by atomic mass is 10.1. The summed E-state index contributed by atoms with van der Waals surface area (Å²) in [6.45, 7) is 2.35. The van der Waals surface area contributed by atoms with E-state index in [-0.39, 0.29) is 35.3 Å². The minimum atomic E-state index is -0.511. The Bertz CT molecular complexity index is 1570. The third kappa shape index (κ3) is 4.88. The van der Waals surface area contributed by atoms with Crippen molar-refractivity contribution in [2.45, 2.75) is 25.9 Å². The number of amides is 1. The first-order valence-corrected chi connectivity index (χ1v) is 13.4. The highest BCUT2D eigenvalue weighted by Gasteiger charge is 2.33. The number of aromatic hydroxyl groups is 1. The lowest BCUT2D eigenvalue weighted by Gasteiger charge is -2.18. The number of phenols is 1. The molecule has 1 saturated heterocycles. The standard InChI is InChI=1S/C30H27ClFN5O3/c1-40-20-9-7-18(26(38)13-20)16-37-17-25-29(30(37)39)24(14-23(34-25)28-21(31)5-4-6-22(28)32)35-27-10-8-19(15-33-27)36-11-2-3-12-36/h4-10,13-15,38H,2-3,11-12,16-17H2,1H3,(H,33,34,35). The molecule has 2 aliphatic rings. The Kier molecular flexibility index (Phi) is 6.89. The van der Waals surface area contributed by atoms with Gasteiger partial charge in [-0.1, -0.05) is 17.7 Å². The number of fused-ring (bicyclic) bond motifs is 1. The molecule has 2 aromatic heterocycles. The van der Waals surface area contributed by atoms with Gasteiger partial charge >= 0.3 is 0 Å². The second-order valence-electron chi connectivity index (χ2n) is 9.85. The van der Waals surface area contributed by atoms with Crippen LogP contribution in [-0.4, -0.2) is 46.1 Å². The fourth-order valence-electron chi connectivity index (χ4n) is 5.23. The summed E-state index contributed by atoms with van der Waals surface area (Å²) in [5, 5.41) is 14.0. The fraction of sp³-hybridized carbons (Fsp3) is 0.233. The van der Waals surface area contributed by atoms with Gasteiger partial charge in [0, 0.05) is 24.7 Å². The van der Waals surface area contributed by atoms with Crippen LogP contribution in [0.3, 0.4) is 0 Å². The molecule has 4 aromatic rings. The van der Waals surface area contributed by atoms with Crippen molar-refractivity contribution in [3.8, 4) is 22.8 Å². The summed E-state index contributed by atoms with van der Waals surface area (Å²) < 4.78 is 20.1. The van der Waals surface area contributed by atoms with Gasteiger partial charge < -0.3 is 25.0 Å². The van der Waals surface area contributed by atoms with E-state index in [0.29, 0.717) is 39.8 Å². The predicted octanol–water partition coefficient (Wildman–Crippen LogP) is 6.15. The molecule has 1 fully saturated rings. The van der Waals surface area contributed by atoms with E-state index in [2.05, 4.69) is 20.2 Å². The average Bonchev–Trinajstić information content (AvgIpc) is 3.59. The van der Waals surface area contributed by atoms with Gasteiger partial charge in [0.05, 0.1) is 65.3 Å². The third-order valence-corrected chi connectivity index (χ3v) is 7.61. The number of hydrogen-bond acceptors (Lipinski definition) is 7. The highest BCUT2D eigenvalue weighted by atomic mass is 35.5. The largest absolute Gasteiger partial charge is 0.507 e. The van der Waals surface area contributed by atoms with Crippen molar-refractivity contribution in [1.82, 2.24) is 14.9 Å². The summed E-state index contributed by atoms with van der Waals surface area (Å²) >= 11 is 6.38. The molecule has 0 radical (unpaired) electrons. The smallest absolute Gasteiger partial charge is 0.258 e. The quantitative estimate of drug-likeness (QED) is 0.281. The van der Waals surface area contributed by atoms with Crippen molar-refractivity contribution in [2.75, 3.05) is 30.4 Å². The van der Waals surface area contributed by atoms with Gasteiger partial charge in [-0.2, -0.15) is 0 Å². The van der Waals surface area contributed by atoms with E-state index in [1.54, 1.807) is 29.2 Å². The zero-order valence-electron chi connectivity index (χ0n) is 21.8. The first-order valence-electron chi connectivity index (χ1n) is 13.0. The lowest BCUT2D eigenvalue weighted by Crippen LogP contribution is -2.23. The van der Waals surface area contributed by atoms with E-state index in [0.717, 1.165) is 31.6 Å². The Hall–Kier alpha value is -4.37. The second-order valence-corrected chi connectivity index (χ2v) is 10.3. The number of hydrogen-bond donors (Lipinski definition) is 2. The number of anilines is 3. The first-order chi connectivity index (χ1) is 19.4. The van der Waals surface area contributed by atoms with E-state index < -0.39 is 5.82 Å². The predicted molar refractivity (Wildman–Crippen MR) is 152 cm³/mol. The van der Waals surface area contributed by atoms with E-state index in [1.807, 2.05) is 18.3 Å². The Balaban J connectivity index is 1.36. The Morgan fingerprint density at radius 2 is 1.93 bits per heavy atom. The molecule has 0 aliphatic carbocycles. The molecule has 40 heavy (non-hydrogen) atoms. The molecule has 6 rings (SSSR count). The van der Waals surface area contributed by atoms with Crippen LogP contribution in [0.2, 0.25) is 5.02 Å². The van der Waals surface area contributed by atoms with E-state index in [1.165, 1.54) is 25.3 Å².